The van der Waals surface area contributed by atoms with Gasteiger partial charge in [0.05, 0.1) is 0 Å². The van der Waals surface area contributed by atoms with Crippen molar-refractivity contribution in [3.63, 3.8) is 0 Å². The van der Waals surface area contributed by atoms with Crippen LogP contribution in [0.25, 0.3) is 0 Å². The Bertz CT molecular complexity index is 268. The van der Waals surface area contributed by atoms with Crippen LogP contribution in [0, 0.1) is 11.8 Å². The number of fused-ring (bicyclic) bond motifs is 1. The number of nitrogens with one attached hydrogen (secondary N) is 1. The maximum atomic E-state index is 3.82. The number of rotatable bonds is 4. The molecule has 0 radical (unpaired) electrons. The molecule has 1 saturated carbocycles. The van der Waals surface area contributed by atoms with Crippen molar-refractivity contribution in [1.82, 2.24) is 10.2 Å². The third kappa shape index (κ3) is 2.05. The van der Waals surface area contributed by atoms with Crippen molar-refractivity contribution in [2.24, 2.45) is 11.8 Å². The van der Waals surface area contributed by atoms with E-state index in [1.54, 1.807) is 0 Å². The van der Waals surface area contributed by atoms with Crippen molar-refractivity contribution in [2.45, 2.75) is 44.7 Å². The summed E-state index contributed by atoms with van der Waals surface area (Å²) in [7, 11) is 0. The van der Waals surface area contributed by atoms with Gasteiger partial charge in [-0.15, -0.1) is 0 Å². The van der Waals surface area contributed by atoms with Crippen LogP contribution >= 0.6 is 0 Å². The highest BCUT2D eigenvalue weighted by molar-refractivity contribution is 5.13. The molecule has 2 aliphatic carbocycles. The van der Waals surface area contributed by atoms with Crippen LogP contribution in [0.3, 0.4) is 0 Å². The average Bonchev–Trinajstić information content (AvgIpc) is 2.84. The molecule has 1 heterocycles. The van der Waals surface area contributed by atoms with Crippen LogP contribution in [0.1, 0.15) is 32.6 Å². The molecule has 2 heteroatoms. The van der Waals surface area contributed by atoms with Crippen LogP contribution in [-0.4, -0.2) is 36.6 Å². The lowest BCUT2D eigenvalue weighted by molar-refractivity contribution is 0.143. The Kier molecular flexibility index (Phi) is 3.03. The van der Waals surface area contributed by atoms with Crippen LogP contribution in [0.15, 0.2) is 12.2 Å². The molecule has 90 valence electrons. The second-order valence-corrected chi connectivity index (χ2v) is 5.92. The van der Waals surface area contributed by atoms with Gasteiger partial charge in [0, 0.05) is 18.6 Å². The zero-order valence-corrected chi connectivity index (χ0v) is 10.4. The number of nitrogens with zero attached hydrogens (tertiary/aromatic N) is 1. The Labute approximate surface area is 99.1 Å². The molecule has 3 aliphatic rings. The highest BCUT2D eigenvalue weighted by atomic mass is 15.2. The van der Waals surface area contributed by atoms with Crippen LogP contribution in [0.4, 0.5) is 0 Å². The Morgan fingerprint density at radius 2 is 2.19 bits per heavy atom. The molecule has 0 aromatic carbocycles. The SMILES string of the molecule is CC(CN1CCCC1)NC1CC2CC=CC21. The molecule has 0 aromatic rings. The van der Waals surface area contributed by atoms with Crippen LogP contribution < -0.4 is 5.32 Å². The van der Waals surface area contributed by atoms with Gasteiger partial charge in [-0.2, -0.15) is 0 Å². The van der Waals surface area contributed by atoms with Gasteiger partial charge in [-0.25, -0.2) is 0 Å². The Balaban J connectivity index is 1.42. The first kappa shape index (κ1) is 10.8. The van der Waals surface area contributed by atoms with Gasteiger partial charge < -0.3 is 10.2 Å². The Hall–Kier alpha value is -0.340. The number of allylic oxidation sites excluding steroid dienone is 1. The van der Waals surface area contributed by atoms with E-state index in [2.05, 4.69) is 29.3 Å². The third-order valence-corrected chi connectivity index (χ3v) is 4.59. The molecule has 3 rings (SSSR count). The lowest BCUT2D eigenvalue weighted by Gasteiger charge is -2.42. The minimum absolute atomic E-state index is 0.665. The van der Waals surface area contributed by atoms with Gasteiger partial charge in [-0.1, -0.05) is 12.2 Å². The lowest BCUT2D eigenvalue weighted by atomic mass is 9.71. The minimum Gasteiger partial charge on any atom is -0.310 e. The van der Waals surface area contributed by atoms with Gasteiger partial charge in [-0.3, -0.25) is 0 Å². The molecule has 2 nitrogen and oxygen atoms in total. The van der Waals surface area contributed by atoms with Gasteiger partial charge >= 0.3 is 0 Å². The molecule has 0 spiro atoms. The molecule has 0 bridgehead atoms. The predicted molar refractivity (Wildman–Crippen MR) is 67.4 cm³/mol. The second kappa shape index (κ2) is 4.50. The topological polar surface area (TPSA) is 15.3 Å². The zero-order chi connectivity index (χ0) is 11.0. The van der Waals surface area contributed by atoms with Crippen LogP contribution in [0.5, 0.6) is 0 Å². The summed E-state index contributed by atoms with van der Waals surface area (Å²) in [6, 6.07) is 1.44. The summed E-state index contributed by atoms with van der Waals surface area (Å²) in [5.74, 6) is 1.84. The number of hydrogen-bond acceptors (Lipinski definition) is 2. The molecular formula is C14H24N2. The van der Waals surface area contributed by atoms with Crippen molar-refractivity contribution < 1.29 is 0 Å². The van der Waals surface area contributed by atoms with E-state index in [1.807, 2.05) is 0 Å². The molecule has 4 atom stereocenters. The summed E-state index contributed by atoms with van der Waals surface area (Å²) < 4.78 is 0. The van der Waals surface area contributed by atoms with E-state index < -0.39 is 0 Å². The van der Waals surface area contributed by atoms with Gasteiger partial charge in [0.25, 0.3) is 0 Å². The fourth-order valence-corrected chi connectivity index (χ4v) is 3.68. The van der Waals surface area contributed by atoms with Crippen LogP contribution in [0.2, 0.25) is 0 Å². The maximum absolute atomic E-state index is 3.82. The summed E-state index contributed by atoms with van der Waals surface area (Å²) in [5, 5.41) is 3.82. The van der Waals surface area contributed by atoms with Crippen LogP contribution in [-0.2, 0) is 0 Å². The summed E-state index contributed by atoms with van der Waals surface area (Å²) in [6.45, 7) is 6.24. The number of hydrogen-bond donors (Lipinski definition) is 1. The average molecular weight is 220 g/mol. The zero-order valence-electron chi connectivity index (χ0n) is 10.4. The van der Waals surface area contributed by atoms with Gasteiger partial charge in [-0.05, 0) is 57.5 Å². The van der Waals surface area contributed by atoms with E-state index >= 15 is 0 Å². The van der Waals surface area contributed by atoms with E-state index in [9.17, 15) is 0 Å². The fraction of sp³-hybridized carbons (Fsp3) is 0.857. The normalized spacial score (nSPS) is 39.7. The lowest BCUT2D eigenvalue weighted by Crippen LogP contribution is -2.53. The van der Waals surface area contributed by atoms with E-state index in [0.717, 1.165) is 17.9 Å². The second-order valence-electron chi connectivity index (χ2n) is 5.92. The summed E-state index contributed by atoms with van der Waals surface area (Å²) in [5.41, 5.74) is 0. The first-order valence-corrected chi connectivity index (χ1v) is 6.98. The highest BCUT2D eigenvalue weighted by Crippen LogP contribution is 2.42. The molecule has 0 amide bonds. The van der Waals surface area contributed by atoms with E-state index in [0.29, 0.717) is 6.04 Å². The van der Waals surface area contributed by atoms with E-state index in [4.69, 9.17) is 0 Å². The molecule has 4 unspecified atom stereocenters. The Morgan fingerprint density at radius 1 is 1.38 bits per heavy atom. The molecule has 2 fully saturated rings. The summed E-state index contributed by atoms with van der Waals surface area (Å²) >= 11 is 0. The van der Waals surface area contributed by atoms with Gasteiger partial charge in [0.2, 0.25) is 0 Å². The van der Waals surface area contributed by atoms with E-state index in [1.165, 1.54) is 45.3 Å². The molecule has 1 saturated heterocycles. The van der Waals surface area contributed by atoms with Crippen molar-refractivity contribution >= 4 is 0 Å². The monoisotopic (exact) mass is 220 g/mol. The number of likely N-dealkylation sites (tertiary alicyclic amines) is 1. The maximum Gasteiger partial charge on any atom is 0.0169 e. The Morgan fingerprint density at radius 3 is 2.94 bits per heavy atom. The predicted octanol–water partition coefficient (Wildman–Crippen LogP) is 2.02. The smallest absolute Gasteiger partial charge is 0.0169 e. The van der Waals surface area contributed by atoms with Gasteiger partial charge in [0.1, 0.15) is 0 Å². The first-order valence-electron chi connectivity index (χ1n) is 6.98. The summed E-state index contributed by atoms with van der Waals surface area (Å²) in [6.07, 6.45) is 10.4. The quantitative estimate of drug-likeness (QED) is 0.729. The highest BCUT2D eigenvalue weighted by Gasteiger charge is 2.41. The first-order chi connectivity index (χ1) is 7.83. The van der Waals surface area contributed by atoms with Crippen molar-refractivity contribution in [3.05, 3.63) is 12.2 Å². The van der Waals surface area contributed by atoms with Crippen molar-refractivity contribution in [1.29, 1.82) is 0 Å². The third-order valence-electron chi connectivity index (χ3n) is 4.59. The molecular weight excluding hydrogens is 196 g/mol. The fourth-order valence-electron chi connectivity index (χ4n) is 3.68. The van der Waals surface area contributed by atoms with E-state index in [-0.39, 0.29) is 0 Å². The molecule has 0 aromatic heterocycles. The minimum atomic E-state index is 0.665. The summed E-state index contributed by atoms with van der Waals surface area (Å²) in [4.78, 5) is 2.61. The molecule has 1 N–H and O–H groups in total. The van der Waals surface area contributed by atoms with Crippen molar-refractivity contribution in [2.75, 3.05) is 19.6 Å². The van der Waals surface area contributed by atoms with Crippen molar-refractivity contribution in [3.8, 4) is 0 Å². The standard InChI is InChI=1S/C14H24N2/c1-11(10-16-7-2-3-8-16)15-14-9-12-5-4-6-13(12)14/h4,6,11-15H,2-3,5,7-10H2,1H3. The molecule has 16 heavy (non-hydrogen) atoms. The molecule has 1 aliphatic heterocycles. The van der Waals surface area contributed by atoms with Gasteiger partial charge in [0.15, 0.2) is 0 Å². The largest absolute Gasteiger partial charge is 0.310 e.